The van der Waals surface area contributed by atoms with Gasteiger partial charge in [-0.2, -0.15) is 0 Å². The van der Waals surface area contributed by atoms with Gasteiger partial charge in [0.1, 0.15) is 5.75 Å². The summed E-state index contributed by atoms with van der Waals surface area (Å²) in [7, 11) is 0. The van der Waals surface area contributed by atoms with Gasteiger partial charge in [-0.1, -0.05) is 18.2 Å². The van der Waals surface area contributed by atoms with Gasteiger partial charge in [0.2, 0.25) is 5.91 Å². The first-order valence-corrected chi connectivity index (χ1v) is 9.05. The van der Waals surface area contributed by atoms with Gasteiger partial charge < -0.3 is 15.4 Å². The number of hydrogen-bond acceptors (Lipinski definition) is 3. The van der Waals surface area contributed by atoms with Crippen molar-refractivity contribution in [2.75, 3.05) is 6.61 Å². The molecular weight excluding hydrogens is 324 g/mol. The number of carbonyl (C=O) groups excluding carboxylic acids is 1. The average molecular weight is 351 g/mol. The number of halogens is 1. The van der Waals surface area contributed by atoms with Gasteiger partial charge in [0.25, 0.3) is 0 Å². The van der Waals surface area contributed by atoms with Gasteiger partial charge in [-0.05, 0) is 50.5 Å². The van der Waals surface area contributed by atoms with E-state index in [0.29, 0.717) is 24.4 Å². The van der Waals surface area contributed by atoms with E-state index in [1.807, 2.05) is 18.2 Å². The van der Waals surface area contributed by atoms with Crippen LogP contribution in [-0.4, -0.2) is 24.6 Å². The maximum Gasteiger partial charge on any atom is 0.220 e. The Morgan fingerprint density at radius 3 is 2.71 bits per heavy atom. The van der Waals surface area contributed by atoms with E-state index in [1.165, 1.54) is 12.8 Å². The number of ether oxygens (including phenoxy) is 1. The van der Waals surface area contributed by atoms with Gasteiger partial charge in [0.05, 0.1) is 12.6 Å². The molecule has 1 amide bonds. The summed E-state index contributed by atoms with van der Waals surface area (Å²) in [5, 5.41) is 6.92. The molecule has 0 saturated carbocycles. The summed E-state index contributed by atoms with van der Waals surface area (Å²) in [5.74, 6) is 1.68. The smallest absolute Gasteiger partial charge is 0.220 e. The van der Waals surface area contributed by atoms with Crippen molar-refractivity contribution in [2.45, 2.75) is 63.1 Å². The molecule has 0 aromatic heterocycles. The fourth-order valence-corrected chi connectivity index (χ4v) is 4.53. The Morgan fingerprint density at radius 2 is 1.92 bits per heavy atom. The zero-order valence-corrected chi connectivity index (χ0v) is 14.8. The van der Waals surface area contributed by atoms with Crippen molar-refractivity contribution in [2.24, 2.45) is 5.92 Å². The molecule has 3 aliphatic heterocycles. The molecule has 4 nitrogen and oxygen atoms in total. The predicted octanol–water partition coefficient (Wildman–Crippen LogP) is 3.36. The molecule has 24 heavy (non-hydrogen) atoms. The number of carbonyl (C=O) groups is 1. The third kappa shape index (κ3) is 3.86. The number of piperidine rings is 1. The Hall–Kier alpha value is -1.26. The second-order valence-corrected chi connectivity index (χ2v) is 7.33. The molecular formula is C19H27ClN2O2. The topological polar surface area (TPSA) is 50.4 Å². The van der Waals surface area contributed by atoms with Gasteiger partial charge in [0.15, 0.2) is 0 Å². The van der Waals surface area contributed by atoms with E-state index < -0.39 is 0 Å². The molecule has 2 fully saturated rings. The number of fused-ring (bicyclic) bond motifs is 3. The van der Waals surface area contributed by atoms with E-state index in [1.54, 1.807) is 0 Å². The summed E-state index contributed by atoms with van der Waals surface area (Å²) in [6.45, 7) is 0.737. The van der Waals surface area contributed by atoms with Crippen molar-refractivity contribution in [3.05, 3.63) is 29.8 Å². The van der Waals surface area contributed by atoms with Crippen LogP contribution in [0.5, 0.6) is 5.75 Å². The average Bonchev–Trinajstić information content (AvgIpc) is 2.77. The highest BCUT2D eigenvalue weighted by Gasteiger charge is 2.34. The number of benzene rings is 1. The Morgan fingerprint density at radius 1 is 1.17 bits per heavy atom. The molecule has 3 aliphatic rings. The minimum atomic E-state index is 0. The molecule has 5 heteroatoms. The third-order valence-electron chi connectivity index (χ3n) is 5.57. The van der Waals surface area contributed by atoms with Crippen molar-refractivity contribution >= 4 is 18.3 Å². The number of hydrogen-bond donors (Lipinski definition) is 2. The van der Waals surface area contributed by atoms with E-state index in [-0.39, 0.29) is 24.4 Å². The maximum absolute atomic E-state index is 12.6. The second kappa shape index (κ2) is 7.75. The lowest BCUT2D eigenvalue weighted by atomic mass is 9.89. The van der Waals surface area contributed by atoms with Crippen LogP contribution in [0.2, 0.25) is 0 Å². The molecule has 1 aromatic rings. The normalized spacial score (nSPS) is 31.2. The fraction of sp³-hybridized carbons (Fsp3) is 0.632. The lowest BCUT2D eigenvalue weighted by molar-refractivity contribution is -0.123. The van der Waals surface area contributed by atoms with E-state index >= 15 is 0 Å². The van der Waals surface area contributed by atoms with Crippen LogP contribution in [0.1, 0.15) is 56.6 Å². The standard InChI is InChI=1S/C19H26N2O2.ClH/c22-19(12-13-10-14-7-8-15(11-13)20-14)21-17-5-3-9-23-18-6-2-1-4-16(17)18;/h1-2,4,6,13-15,17,20H,3,5,7-12H2,(H,21,22);1H. The summed E-state index contributed by atoms with van der Waals surface area (Å²) >= 11 is 0. The highest BCUT2D eigenvalue weighted by molar-refractivity contribution is 5.85. The molecule has 3 heterocycles. The largest absolute Gasteiger partial charge is 0.493 e. The van der Waals surface area contributed by atoms with Crippen molar-refractivity contribution in [3.8, 4) is 5.75 Å². The first kappa shape index (κ1) is 17.6. The van der Waals surface area contributed by atoms with Gasteiger partial charge in [0, 0.05) is 24.1 Å². The van der Waals surface area contributed by atoms with Crippen LogP contribution in [0.3, 0.4) is 0 Å². The highest BCUT2D eigenvalue weighted by Crippen LogP contribution is 2.34. The van der Waals surface area contributed by atoms with E-state index in [9.17, 15) is 4.79 Å². The lowest BCUT2D eigenvalue weighted by Gasteiger charge is -2.29. The summed E-state index contributed by atoms with van der Waals surface area (Å²) in [4.78, 5) is 12.6. The summed E-state index contributed by atoms with van der Waals surface area (Å²) in [6, 6.07) is 9.50. The van der Waals surface area contributed by atoms with E-state index in [2.05, 4.69) is 16.7 Å². The van der Waals surface area contributed by atoms with Gasteiger partial charge in [-0.15, -0.1) is 12.4 Å². The third-order valence-corrected chi connectivity index (χ3v) is 5.57. The number of amides is 1. The molecule has 1 aromatic carbocycles. The van der Waals surface area contributed by atoms with Gasteiger partial charge in [-0.25, -0.2) is 0 Å². The number of para-hydroxylation sites is 1. The van der Waals surface area contributed by atoms with Crippen LogP contribution in [-0.2, 0) is 4.79 Å². The number of rotatable bonds is 3. The van der Waals surface area contributed by atoms with E-state index in [0.717, 1.165) is 43.6 Å². The molecule has 2 saturated heterocycles. The SMILES string of the molecule is Cl.O=C(CC1CC2CCC(C1)N2)NC1CCCOc2ccccc21. The maximum atomic E-state index is 12.6. The highest BCUT2D eigenvalue weighted by atomic mass is 35.5. The van der Waals surface area contributed by atoms with Crippen molar-refractivity contribution < 1.29 is 9.53 Å². The second-order valence-electron chi connectivity index (χ2n) is 7.33. The van der Waals surface area contributed by atoms with Crippen molar-refractivity contribution in [1.82, 2.24) is 10.6 Å². The summed E-state index contributed by atoms with van der Waals surface area (Å²) < 4.78 is 5.79. The molecule has 3 unspecified atom stereocenters. The van der Waals surface area contributed by atoms with Gasteiger partial charge >= 0.3 is 0 Å². The molecule has 0 radical (unpaired) electrons. The quantitative estimate of drug-likeness (QED) is 0.878. The van der Waals surface area contributed by atoms with Crippen LogP contribution in [0.25, 0.3) is 0 Å². The molecule has 0 aliphatic carbocycles. The van der Waals surface area contributed by atoms with Crippen LogP contribution < -0.4 is 15.4 Å². The predicted molar refractivity (Wildman–Crippen MR) is 96.6 cm³/mol. The minimum absolute atomic E-state index is 0. The molecule has 2 bridgehead atoms. The minimum Gasteiger partial charge on any atom is -0.493 e. The molecule has 3 atom stereocenters. The Kier molecular flexibility index (Phi) is 5.67. The molecule has 132 valence electrons. The number of nitrogens with one attached hydrogen (secondary N) is 2. The van der Waals surface area contributed by atoms with Crippen LogP contribution in [0.4, 0.5) is 0 Å². The van der Waals surface area contributed by atoms with Gasteiger partial charge in [-0.3, -0.25) is 4.79 Å². The zero-order chi connectivity index (χ0) is 15.6. The van der Waals surface area contributed by atoms with Crippen molar-refractivity contribution in [1.29, 1.82) is 0 Å². The van der Waals surface area contributed by atoms with Crippen LogP contribution in [0, 0.1) is 5.92 Å². The molecule has 0 spiro atoms. The van der Waals surface area contributed by atoms with Crippen molar-refractivity contribution in [3.63, 3.8) is 0 Å². The molecule has 2 N–H and O–H groups in total. The Bertz CT molecular complexity index is 568. The lowest BCUT2D eigenvalue weighted by Crippen LogP contribution is -2.40. The first-order chi connectivity index (χ1) is 11.3. The monoisotopic (exact) mass is 350 g/mol. The molecule has 4 rings (SSSR count). The Balaban J connectivity index is 0.00000169. The Labute approximate surface area is 150 Å². The zero-order valence-electron chi connectivity index (χ0n) is 14.0. The summed E-state index contributed by atoms with van der Waals surface area (Å²) in [6.07, 6.45) is 7.51. The van der Waals surface area contributed by atoms with Crippen LogP contribution in [0.15, 0.2) is 24.3 Å². The summed E-state index contributed by atoms with van der Waals surface area (Å²) in [5.41, 5.74) is 1.13. The fourth-order valence-electron chi connectivity index (χ4n) is 4.53. The van der Waals surface area contributed by atoms with E-state index in [4.69, 9.17) is 4.74 Å². The van der Waals surface area contributed by atoms with Crippen LogP contribution >= 0.6 is 12.4 Å². The first-order valence-electron chi connectivity index (χ1n) is 9.05.